The monoisotopic (exact) mass is 405 g/mol. The number of hydrogen-bond donors (Lipinski definition) is 1. The summed E-state index contributed by atoms with van der Waals surface area (Å²) in [5.41, 5.74) is 2.01. The van der Waals surface area contributed by atoms with Gasteiger partial charge in [-0.05, 0) is 49.7 Å². The van der Waals surface area contributed by atoms with Gasteiger partial charge in [-0.3, -0.25) is 4.79 Å². The van der Waals surface area contributed by atoms with Crippen molar-refractivity contribution in [1.29, 1.82) is 0 Å². The van der Waals surface area contributed by atoms with Crippen LogP contribution in [0.1, 0.15) is 16.7 Å². The molecule has 5 nitrogen and oxygen atoms in total. The summed E-state index contributed by atoms with van der Waals surface area (Å²) >= 11 is 12.0. The maximum Gasteiger partial charge on any atom is 0.340 e. The summed E-state index contributed by atoms with van der Waals surface area (Å²) in [6.45, 7) is 3.61. The summed E-state index contributed by atoms with van der Waals surface area (Å²) < 4.78 is 10.7. The molecule has 0 aliphatic rings. The van der Waals surface area contributed by atoms with E-state index in [2.05, 4.69) is 5.32 Å². The van der Waals surface area contributed by atoms with E-state index < -0.39 is 5.63 Å². The molecule has 0 aliphatic carbocycles. The number of benzene rings is 2. The van der Waals surface area contributed by atoms with Crippen LogP contribution in [-0.4, -0.2) is 13.0 Å². The van der Waals surface area contributed by atoms with Gasteiger partial charge in [0, 0.05) is 16.0 Å². The number of nitrogens with one attached hydrogen (secondary N) is 1. The molecule has 0 spiro atoms. The van der Waals surface area contributed by atoms with Gasteiger partial charge in [-0.15, -0.1) is 0 Å². The molecule has 0 saturated heterocycles. The fraction of sp³-hybridized carbons (Fsp3) is 0.200. The number of amides is 1. The third kappa shape index (κ3) is 3.80. The molecule has 27 heavy (non-hydrogen) atoms. The summed E-state index contributed by atoms with van der Waals surface area (Å²) in [5.74, 6) is 0.241. The van der Waals surface area contributed by atoms with Crippen LogP contribution in [0.5, 0.6) is 5.75 Å². The Balaban J connectivity index is 1.96. The van der Waals surface area contributed by atoms with Gasteiger partial charge in [-0.1, -0.05) is 23.2 Å². The Labute approximate surface area is 165 Å². The van der Waals surface area contributed by atoms with E-state index in [0.717, 1.165) is 10.9 Å². The fourth-order valence-corrected chi connectivity index (χ4v) is 3.28. The molecule has 0 saturated carbocycles. The molecule has 0 fully saturated rings. The van der Waals surface area contributed by atoms with Gasteiger partial charge >= 0.3 is 5.63 Å². The first-order valence-corrected chi connectivity index (χ1v) is 8.92. The van der Waals surface area contributed by atoms with E-state index in [1.165, 1.54) is 0 Å². The van der Waals surface area contributed by atoms with Crippen molar-refractivity contribution in [1.82, 2.24) is 0 Å². The highest BCUT2D eigenvalue weighted by molar-refractivity contribution is 6.35. The first kappa shape index (κ1) is 19.3. The van der Waals surface area contributed by atoms with Crippen LogP contribution in [0, 0.1) is 13.8 Å². The lowest BCUT2D eigenvalue weighted by Crippen LogP contribution is -2.21. The van der Waals surface area contributed by atoms with Crippen molar-refractivity contribution in [2.45, 2.75) is 20.3 Å². The van der Waals surface area contributed by atoms with Crippen molar-refractivity contribution in [3.63, 3.8) is 0 Å². The Morgan fingerprint density at radius 3 is 2.59 bits per heavy atom. The second-order valence-corrected chi connectivity index (χ2v) is 6.96. The van der Waals surface area contributed by atoms with Crippen LogP contribution in [0.4, 0.5) is 5.69 Å². The standard InChI is InChI=1S/C20H17Cl2NO4/c1-10-13-5-7-17(26-3)11(2)19(13)27-20(25)14(10)9-18(24)23-16-8-12(21)4-6-15(16)22/h4-8H,9H2,1-3H3,(H,23,24). The molecular weight excluding hydrogens is 389 g/mol. The SMILES string of the molecule is COc1ccc2c(C)c(CC(=O)Nc3cc(Cl)ccc3Cl)c(=O)oc2c1C. The van der Waals surface area contributed by atoms with E-state index in [-0.39, 0.29) is 12.3 Å². The number of methoxy groups -OCH3 is 1. The minimum Gasteiger partial charge on any atom is -0.496 e. The van der Waals surface area contributed by atoms with Crippen molar-refractivity contribution in [3.05, 3.63) is 67.5 Å². The number of aryl methyl sites for hydroxylation is 2. The van der Waals surface area contributed by atoms with Gasteiger partial charge in [0.15, 0.2) is 0 Å². The number of rotatable bonds is 4. The number of halogens is 2. The molecule has 1 aromatic heterocycles. The van der Waals surface area contributed by atoms with Crippen LogP contribution >= 0.6 is 23.2 Å². The number of fused-ring (bicyclic) bond motifs is 1. The van der Waals surface area contributed by atoms with Crippen molar-refractivity contribution in [2.24, 2.45) is 0 Å². The highest BCUT2D eigenvalue weighted by Gasteiger charge is 2.18. The Morgan fingerprint density at radius 1 is 1.15 bits per heavy atom. The predicted octanol–water partition coefficient (Wildman–Crippen LogP) is 4.91. The molecule has 1 N–H and O–H groups in total. The lowest BCUT2D eigenvalue weighted by atomic mass is 10.0. The number of anilines is 1. The van der Waals surface area contributed by atoms with E-state index in [4.69, 9.17) is 32.4 Å². The molecule has 3 rings (SSSR count). The zero-order chi connectivity index (χ0) is 19.7. The summed E-state index contributed by atoms with van der Waals surface area (Å²) in [5, 5.41) is 4.24. The molecule has 0 atom stereocenters. The molecule has 7 heteroatoms. The quantitative estimate of drug-likeness (QED) is 0.626. The van der Waals surface area contributed by atoms with Crippen LogP contribution in [0.25, 0.3) is 11.0 Å². The molecule has 140 valence electrons. The molecule has 0 aliphatic heterocycles. The topological polar surface area (TPSA) is 68.5 Å². The summed E-state index contributed by atoms with van der Waals surface area (Å²) in [4.78, 5) is 24.9. The van der Waals surface area contributed by atoms with Gasteiger partial charge in [0.1, 0.15) is 11.3 Å². The lowest BCUT2D eigenvalue weighted by Gasteiger charge is -2.12. The van der Waals surface area contributed by atoms with Crippen molar-refractivity contribution >= 4 is 45.8 Å². The molecule has 3 aromatic rings. The molecule has 0 radical (unpaired) electrons. The maximum absolute atomic E-state index is 12.5. The third-order valence-electron chi connectivity index (χ3n) is 4.41. The van der Waals surface area contributed by atoms with Crippen LogP contribution in [-0.2, 0) is 11.2 Å². The minimum absolute atomic E-state index is 0.141. The fourth-order valence-electron chi connectivity index (χ4n) is 2.94. The minimum atomic E-state index is -0.552. The second-order valence-electron chi connectivity index (χ2n) is 6.11. The van der Waals surface area contributed by atoms with Crippen molar-refractivity contribution in [2.75, 3.05) is 12.4 Å². The van der Waals surface area contributed by atoms with Crippen molar-refractivity contribution < 1.29 is 13.9 Å². The molecule has 2 aromatic carbocycles. The Kier molecular flexibility index (Phi) is 5.44. The predicted molar refractivity (Wildman–Crippen MR) is 107 cm³/mol. The molecular formula is C20H17Cl2NO4. The van der Waals surface area contributed by atoms with Crippen LogP contribution < -0.4 is 15.7 Å². The van der Waals surface area contributed by atoms with E-state index >= 15 is 0 Å². The van der Waals surface area contributed by atoms with E-state index in [0.29, 0.717) is 38.2 Å². The summed E-state index contributed by atoms with van der Waals surface area (Å²) in [6.07, 6.45) is -0.141. The first-order valence-electron chi connectivity index (χ1n) is 8.16. The van der Waals surface area contributed by atoms with Gasteiger partial charge in [-0.2, -0.15) is 0 Å². The largest absolute Gasteiger partial charge is 0.496 e. The summed E-state index contributed by atoms with van der Waals surface area (Å²) in [7, 11) is 1.55. The Morgan fingerprint density at radius 2 is 1.89 bits per heavy atom. The Bertz CT molecular complexity index is 1110. The number of carbonyl (C=O) groups excluding carboxylic acids is 1. The second kappa shape index (κ2) is 7.62. The Hall–Kier alpha value is -2.50. The molecule has 1 amide bonds. The zero-order valence-corrected chi connectivity index (χ0v) is 16.5. The van der Waals surface area contributed by atoms with Crippen LogP contribution in [0.15, 0.2) is 39.5 Å². The van der Waals surface area contributed by atoms with Gasteiger partial charge in [0.2, 0.25) is 5.91 Å². The van der Waals surface area contributed by atoms with E-state index in [1.54, 1.807) is 38.3 Å². The average molecular weight is 406 g/mol. The van der Waals surface area contributed by atoms with Gasteiger partial charge in [0.25, 0.3) is 0 Å². The smallest absolute Gasteiger partial charge is 0.340 e. The highest BCUT2D eigenvalue weighted by atomic mass is 35.5. The normalized spacial score (nSPS) is 10.9. The number of hydrogen-bond acceptors (Lipinski definition) is 4. The highest BCUT2D eigenvalue weighted by Crippen LogP contribution is 2.29. The maximum atomic E-state index is 12.5. The lowest BCUT2D eigenvalue weighted by molar-refractivity contribution is -0.115. The van der Waals surface area contributed by atoms with E-state index in [9.17, 15) is 9.59 Å². The van der Waals surface area contributed by atoms with Crippen LogP contribution in [0.3, 0.4) is 0 Å². The average Bonchev–Trinajstić information content (AvgIpc) is 2.63. The zero-order valence-electron chi connectivity index (χ0n) is 15.0. The first-order chi connectivity index (χ1) is 12.8. The molecule has 1 heterocycles. The van der Waals surface area contributed by atoms with Gasteiger partial charge < -0.3 is 14.5 Å². The number of carbonyl (C=O) groups is 1. The summed E-state index contributed by atoms with van der Waals surface area (Å²) in [6, 6.07) is 8.38. The number of ether oxygens (including phenoxy) is 1. The van der Waals surface area contributed by atoms with E-state index in [1.807, 2.05) is 13.0 Å². The van der Waals surface area contributed by atoms with Gasteiger partial charge in [0.05, 0.1) is 29.8 Å². The van der Waals surface area contributed by atoms with Crippen LogP contribution in [0.2, 0.25) is 10.0 Å². The third-order valence-corrected chi connectivity index (χ3v) is 4.98. The molecule has 0 unspecified atom stereocenters. The molecule has 0 bridgehead atoms. The van der Waals surface area contributed by atoms with Gasteiger partial charge in [-0.25, -0.2) is 4.79 Å². The van der Waals surface area contributed by atoms with Crippen molar-refractivity contribution in [3.8, 4) is 5.75 Å².